The number of hydrogen-bond acceptors (Lipinski definition) is 6. The largest absolute Gasteiger partial charge is 0.493 e. The maximum Gasteiger partial charge on any atom is 0.281 e. The fourth-order valence-corrected chi connectivity index (χ4v) is 3.63. The molecule has 0 radical (unpaired) electrons. The Labute approximate surface area is 162 Å². The Morgan fingerprint density at radius 1 is 1.00 bits per heavy atom. The summed E-state index contributed by atoms with van der Waals surface area (Å²) in [5.74, 6) is 2.00. The Balaban J connectivity index is 1.86. The monoisotopic (exact) mass is 383 g/mol. The van der Waals surface area contributed by atoms with Gasteiger partial charge in [0.25, 0.3) is 5.56 Å². The van der Waals surface area contributed by atoms with Crippen LogP contribution in [0.25, 0.3) is 11.3 Å². The second-order valence-electron chi connectivity index (χ2n) is 5.72. The molecule has 0 N–H and O–H groups in total. The number of hydrogen-bond donors (Lipinski definition) is 0. The van der Waals surface area contributed by atoms with E-state index in [0.717, 1.165) is 11.1 Å². The average Bonchev–Trinajstić information content (AvgIpc) is 2.72. The van der Waals surface area contributed by atoms with Gasteiger partial charge < -0.3 is 9.47 Å². The number of thioether (sulfide) groups is 1. The van der Waals surface area contributed by atoms with Gasteiger partial charge in [0.2, 0.25) is 0 Å². The molecule has 0 spiro atoms. The van der Waals surface area contributed by atoms with Gasteiger partial charge in [0.1, 0.15) is 0 Å². The zero-order chi connectivity index (χ0) is 19.2. The highest BCUT2D eigenvalue weighted by Crippen LogP contribution is 2.30. The molecule has 3 rings (SSSR count). The van der Waals surface area contributed by atoms with Crippen LogP contribution in [0.5, 0.6) is 11.5 Å². The molecule has 0 fully saturated rings. The predicted octanol–water partition coefficient (Wildman–Crippen LogP) is 3.63. The molecule has 0 saturated heterocycles. The van der Waals surface area contributed by atoms with Crippen molar-refractivity contribution in [2.24, 2.45) is 0 Å². The van der Waals surface area contributed by atoms with Gasteiger partial charge >= 0.3 is 0 Å². The number of methoxy groups -OCH3 is 2. The number of rotatable bonds is 7. The van der Waals surface area contributed by atoms with Crippen LogP contribution in [0.2, 0.25) is 0 Å². The highest BCUT2D eigenvalue weighted by atomic mass is 32.2. The zero-order valence-corrected chi connectivity index (χ0v) is 16.3. The van der Waals surface area contributed by atoms with E-state index in [9.17, 15) is 4.79 Å². The molecule has 1 heterocycles. The van der Waals surface area contributed by atoms with Crippen LogP contribution in [0.1, 0.15) is 12.5 Å². The van der Waals surface area contributed by atoms with Gasteiger partial charge in [-0.05, 0) is 24.6 Å². The van der Waals surface area contributed by atoms with Crippen molar-refractivity contribution in [1.29, 1.82) is 0 Å². The molecule has 0 aliphatic carbocycles. The van der Waals surface area contributed by atoms with E-state index in [2.05, 4.69) is 10.2 Å². The Kier molecular flexibility index (Phi) is 6.13. The van der Waals surface area contributed by atoms with Crippen molar-refractivity contribution in [2.75, 3.05) is 14.2 Å². The fraction of sp³-hybridized carbons (Fsp3) is 0.250. The molecule has 3 aromatic rings. The van der Waals surface area contributed by atoms with Crippen molar-refractivity contribution in [1.82, 2.24) is 14.8 Å². The lowest BCUT2D eigenvalue weighted by atomic mass is 10.2. The summed E-state index contributed by atoms with van der Waals surface area (Å²) in [6, 6.07) is 15.2. The molecule has 0 atom stereocenters. The summed E-state index contributed by atoms with van der Waals surface area (Å²) in [7, 11) is 3.22. The first-order valence-electron chi connectivity index (χ1n) is 8.54. The highest BCUT2D eigenvalue weighted by molar-refractivity contribution is 7.98. The standard InChI is InChI=1S/C20H21N3O3S/c1-4-23-19(24)18(15-8-6-5-7-9-15)21-22-20(23)27-13-14-10-11-16(25-2)17(12-14)26-3/h5-12H,4,13H2,1-3H3. The summed E-state index contributed by atoms with van der Waals surface area (Å²) >= 11 is 1.47. The third-order valence-corrected chi connectivity index (χ3v) is 5.13. The van der Waals surface area contributed by atoms with E-state index in [1.165, 1.54) is 11.8 Å². The van der Waals surface area contributed by atoms with Gasteiger partial charge in [-0.2, -0.15) is 0 Å². The molecule has 0 aliphatic heterocycles. The number of benzene rings is 2. The van der Waals surface area contributed by atoms with Crippen molar-refractivity contribution < 1.29 is 9.47 Å². The number of nitrogens with zero attached hydrogens (tertiary/aromatic N) is 3. The summed E-state index contributed by atoms with van der Waals surface area (Å²) in [6.07, 6.45) is 0. The van der Waals surface area contributed by atoms with Gasteiger partial charge in [0, 0.05) is 17.9 Å². The minimum absolute atomic E-state index is 0.131. The van der Waals surface area contributed by atoms with Gasteiger partial charge in [-0.3, -0.25) is 9.36 Å². The lowest BCUT2D eigenvalue weighted by molar-refractivity contribution is 0.354. The summed E-state index contributed by atoms with van der Waals surface area (Å²) in [4.78, 5) is 12.8. The molecule has 1 aromatic heterocycles. The maximum atomic E-state index is 12.8. The van der Waals surface area contributed by atoms with Gasteiger partial charge in [-0.25, -0.2) is 0 Å². The second kappa shape index (κ2) is 8.73. The van der Waals surface area contributed by atoms with Crippen LogP contribution in [0.4, 0.5) is 0 Å². The molecule has 6 nitrogen and oxygen atoms in total. The van der Waals surface area contributed by atoms with Gasteiger partial charge in [-0.1, -0.05) is 48.2 Å². The first-order chi connectivity index (χ1) is 13.2. The van der Waals surface area contributed by atoms with Crippen molar-refractivity contribution in [3.05, 3.63) is 64.4 Å². The third-order valence-electron chi connectivity index (χ3n) is 4.09. The normalized spacial score (nSPS) is 10.6. The topological polar surface area (TPSA) is 66.2 Å². The van der Waals surface area contributed by atoms with Crippen molar-refractivity contribution >= 4 is 11.8 Å². The quantitative estimate of drug-likeness (QED) is 0.581. The van der Waals surface area contributed by atoms with E-state index in [1.807, 2.05) is 55.5 Å². The Morgan fingerprint density at radius 3 is 2.41 bits per heavy atom. The van der Waals surface area contributed by atoms with Gasteiger partial charge in [-0.15, -0.1) is 10.2 Å². The average molecular weight is 383 g/mol. The second-order valence-corrected chi connectivity index (χ2v) is 6.67. The first kappa shape index (κ1) is 19.0. The predicted molar refractivity (Wildman–Crippen MR) is 107 cm³/mol. The first-order valence-corrected chi connectivity index (χ1v) is 9.53. The molecule has 0 aliphatic rings. The summed E-state index contributed by atoms with van der Waals surface area (Å²) < 4.78 is 12.3. The van der Waals surface area contributed by atoms with E-state index in [-0.39, 0.29) is 5.56 Å². The molecule has 140 valence electrons. The summed E-state index contributed by atoms with van der Waals surface area (Å²) in [5, 5.41) is 9.07. The molecule has 27 heavy (non-hydrogen) atoms. The molecular weight excluding hydrogens is 362 g/mol. The minimum atomic E-state index is -0.131. The Morgan fingerprint density at radius 2 is 1.74 bits per heavy atom. The minimum Gasteiger partial charge on any atom is -0.493 e. The molecule has 2 aromatic carbocycles. The lowest BCUT2D eigenvalue weighted by Crippen LogP contribution is -2.25. The third kappa shape index (κ3) is 4.14. The Hall–Kier alpha value is -2.80. The van der Waals surface area contributed by atoms with Crippen LogP contribution in [0, 0.1) is 0 Å². The molecule has 0 amide bonds. The van der Waals surface area contributed by atoms with Gasteiger partial charge in [0.05, 0.1) is 14.2 Å². The molecular formula is C20H21N3O3S. The van der Waals surface area contributed by atoms with Crippen molar-refractivity contribution in [3.8, 4) is 22.8 Å². The van der Waals surface area contributed by atoms with Crippen LogP contribution in [0.3, 0.4) is 0 Å². The molecule has 0 bridgehead atoms. The smallest absolute Gasteiger partial charge is 0.281 e. The number of aromatic nitrogens is 3. The maximum absolute atomic E-state index is 12.8. The molecule has 0 saturated carbocycles. The fourth-order valence-electron chi connectivity index (χ4n) is 2.69. The van der Waals surface area contributed by atoms with E-state index in [1.54, 1.807) is 18.8 Å². The van der Waals surface area contributed by atoms with Crippen LogP contribution < -0.4 is 15.0 Å². The summed E-state index contributed by atoms with van der Waals surface area (Å²) in [5.41, 5.74) is 2.05. The molecule has 0 unspecified atom stereocenters. The van der Waals surface area contributed by atoms with Crippen LogP contribution in [0.15, 0.2) is 58.5 Å². The van der Waals surface area contributed by atoms with E-state index in [4.69, 9.17) is 9.47 Å². The van der Waals surface area contributed by atoms with Gasteiger partial charge in [0.15, 0.2) is 22.3 Å². The number of ether oxygens (including phenoxy) is 2. The van der Waals surface area contributed by atoms with E-state index in [0.29, 0.717) is 34.6 Å². The van der Waals surface area contributed by atoms with Crippen molar-refractivity contribution in [2.45, 2.75) is 24.4 Å². The summed E-state index contributed by atoms with van der Waals surface area (Å²) in [6.45, 7) is 2.46. The van der Waals surface area contributed by atoms with Crippen LogP contribution >= 0.6 is 11.8 Å². The Bertz CT molecular complexity index is 974. The SMILES string of the molecule is CCn1c(SCc2ccc(OC)c(OC)c2)nnc(-c2ccccc2)c1=O. The highest BCUT2D eigenvalue weighted by Gasteiger charge is 2.13. The lowest BCUT2D eigenvalue weighted by Gasteiger charge is -2.12. The zero-order valence-electron chi connectivity index (χ0n) is 15.5. The molecule has 7 heteroatoms. The van der Waals surface area contributed by atoms with Crippen LogP contribution in [-0.2, 0) is 12.3 Å². The van der Waals surface area contributed by atoms with Crippen molar-refractivity contribution in [3.63, 3.8) is 0 Å². The van der Waals surface area contributed by atoms with E-state index < -0.39 is 0 Å². The van der Waals surface area contributed by atoms with E-state index >= 15 is 0 Å². The van der Waals surface area contributed by atoms with Crippen LogP contribution in [-0.4, -0.2) is 29.0 Å².